The number of esters is 1. The molecule has 10 heteroatoms. The van der Waals surface area contributed by atoms with E-state index in [1.54, 1.807) is 31.2 Å². The molecule has 0 aliphatic rings. The summed E-state index contributed by atoms with van der Waals surface area (Å²) in [6, 6.07) is 10.2. The van der Waals surface area contributed by atoms with Crippen molar-refractivity contribution in [1.29, 1.82) is 0 Å². The molecule has 1 amide bonds. The Kier molecular flexibility index (Phi) is 8.21. The second-order valence-corrected chi connectivity index (χ2v) is 7.70. The molecule has 3 rings (SSSR count). The first kappa shape index (κ1) is 26.1. The first-order chi connectivity index (χ1) is 17.2. The van der Waals surface area contributed by atoms with Gasteiger partial charge < -0.3 is 34.1 Å². The van der Waals surface area contributed by atoms with Gasteiger partial charge in [-0.3, -0.25) is 9.59 Å². The molecule has 0 aliphatic carbocycles. The lowest BCUT2D eigenvalue weighted by Crippen LogP contribution is -2.29. The Hall–Kier alpha value is -4.47. The molecule has 0 heterocycles. The Morgan fingerprint density at radius 1 is 0.889 bits per heavy atom. The Bertz CT molecular complexity index is 1320. The lowest BCUT2D eigenvalue weighted by Gasteiger charge is -2.18. The largest absolute Gasteiger partial charge is 0.493 e. The zero-order chi connectivity index (χ0) is 26.4. The van der Waals surface area contributed by atoms with E-state index in [2.05, 4.69) is 5.32 Å². The maximum atomic E-state index is 12.6. The van der Waals surface area contributed by atoms with Crippen molar-refractivity contribution in [3.8, 4) is 28.7 Å². The molecule has 0 aliphatic heterocycles. The molecule has 0 radical (unpaired) electrons. The highest BCUT2D eigenvalue weighted by Gasteiger charge is 2.24. The topological polar surface area (TPSA) is 130 Å². The average Bonchev–Trinajstić information content (AvgIpc) is 2.86. The average molecular weight is 498 g/mol. The molecular formula is C26H27NO9. The van der Waals surface area contributed by atoms with Gasteiger partial charge >= 0.3 is 11.9 Å². The number of amides is 1. The van der Waals surface area contributed by atoms with Gasteiger partial charge in [-0.15, -0.1) is 0 Å². The van der Waals surface area contributed by atoms with Crippen LogP contribution in [0.3, 0.4) is 0 Å². The minimum atomic E-state index is -1.22. The highest BCUT2D eigenvalue weighted by Crippen LogP contribution is 2.42. The van der Waals surface area contributed by atoms with Crippen LogP contribution < -0.4 is 29.0 Å². The standard InChI is InChI=1S/C26H27NO9/c1-14-10-20(16-8-6-7-9-17(16)23(14)36-15(2)28)35-13-22(29)27-12-19-18(26(30)31)11-21(32-3)25(34-5)24(19)33-4/h6-11H,12-13H2,1-5H3,(H,27,29)(H,30,31). The molecule has 2 N–H and O–H groups in total. The van der Waals surface area contributed by atoms with Crippen molar-refractivity contribution in [3.63, 3.8) is 0 Å². The summed E-state index contributed by atoms with van der Waals surface area (Å²) in [5.74, 6) is -0.759. The predicted octanol–water partition coefficient (Wildman–Crippen LogP) is 3.49. The summed E-state index contributed by atoms with van der Waals surface area (Å²) in [7, 11) is 4.15. The van der Waals surface area contributed by atoms with Gasteiger partial charge in [0.2, 0.25) is 5.75 Å². The quantitative estimate of drug-likeness (QED) is 0.319. The van der Waals surface area contributed by atoms with Crippen LogP contribution in [0.1, 0.15) is 28.4 Å². The van der Waals surface area contributed by atoms with Gasteiger partial charge in [0.15, 0.2) is 18.1 Å². The number of hydrogen-bond acceptors (Lipinski definition) is 8. The summed E-state index contributed by atoms with van der Waals surface area (Å²) in [5.41, 5.74) is 0.775. The third-order valence-corrected chi connectivity index (χ3v) is 5.37. The second kappa shape index (κ2) is 11.3. The number of methoxy groups -OCH3 is 3. The van der Waals surface area contributed by atoms with Crippen LogP contribution in [0.2, 0.25) is 0 Å². The number of carbonyl (C=O) groups excluding carboxylic acids is 2. The summed E-state index contributed by atoms with van der Waals surface area (Å²) in [6.45, 7) is 2.60. The zero-order valence-electron chi connectivity index (χ0n) is 20.6. The van der Waals surface area contributed by atoms with Crippen molar-refractivity contribution in [2.45, 2.75) is 20.4 Å². The highest BCUT2D eigenvalue weighted by molar-refractivity contribution is 5.96. The van der Waals surface area contributed by atoms with Gasteiger partial charge in [-0.2, -0.15) is 0 Å². The van der Waals surface area contributed by atoms with Crippen LogP contribution in [0.15, 0.2) is 36.4 Å². The molecule has 36 heavy (non-hydrogen) atoms. The van der Waals surface area contributed by atoms with E-state index in [1.165, 1.54) is 34.3 Å². The van der Waals surface area contributed by atoms with Gasteiger partial charge in [-0.1, -0.05) is 24.3 Å². The lowest BCUT2D eigenvalue weighted by molar-refractivity contribution is -0.131. The van der Waals surface area contributed by atoms with Crippen LogP contribution in [0.5, 0.6) is 28.7 Å². The van der Waals surface area contributed by atoms with E-state index < -0.39 is 17.8 Å². The van der Waals surface area contributed by atoms with E-state index in [-0.39, 0.29) is 41.5 Å². The van der Waals surface area contributed by atoms with E-state index in [9.17, 15) is 19.5 Å². The number of fused-ring (bicyclic) bond motifs is 1. The molecule has 0 bridgehead atoms. The minimum Gasteiger partial charge on any atom is -0.493 e. The van der Waals surface area contributed by atoms with Crippen molar-refractivity contribution < 1.29 is 43.2 Å². The van der Waals surface area contributed by atoms with Crippen molar-refractivity contribution in [2.24, 2.45) is 0 Å². The Labute approximate surface area is 207 Å². The van der Waals surface area contributed by atoms with Gasteiger partial charge in [0.05, 0.1) is 26.9 Å². The van der Waals surface area contributed by atoms with Gasteiger partial charge in [-0.25, -0.2) is 4.79 Å². The number of carboxylic acid groups (broad SMARTS) is 1. The van der Waals surface area contributed by atoms with Gasteiger partial charge in [0.25, 0.3) is 5.91 Å². The van der Waals surface area contributed by atoms with Crippen molar-refractivity contribution in [1.82, 2.24) is 5.32 Å². The number of nitrogens with one attached hydrogen (secondary N) is 1. The molecule has 190 valence electrons. The maximum Gasteiger partial charge on any atom is 0.336 e. The Morgan fingerprint density at radius 3 is 2.14 bits per heavy atom. The third kappa shape index (κ3) is 5.43. The van der Waals surface area contributed by atoms with Crippen LogP contribution in [0.25, 0.3) is 10.8 Å². The van der Waals surface area contributed by atoms with Crippen LogP contribution in [-0.4, -0.2) is 50.9 Å². The van der Waals surface area contributed by atoms with Crippen LogP contribution in [0, 0.1) is 6.92 Å². The van der Waals surface area contributed by atoms with Crippen molar-refractivity contribution in [2.75, 3.05) is 27.9 Å². The molecule has 10 nitrogen and oxygen atoms in total. The number of aryl methyl sites for hydroxylation is 1. The fourth-order valence-electron chi connectivity index (χ4n) is 3.81. The number of hydrogen-bond donors (Lipinski definition) is 2. The zero-order valence-corrected chi connectivity index (χ0v) is 20.6. The summed E-state index contributed by atoms with van der Waals surface area (Å²) >= 11 is 0. The van der Waals surface area contributed by atoms with E-state index >= 15 is 0 Å². The molecule has 0 saturated carbocycles. The van der Waals surface area contributed by atoms with E-state index in [4.69, 9.17) is 23.7 Å². The number of benzene rings is 3. The van der Waals surface area contributed by atoms with Crippen molar-refractivity contribution in [3.05, 3.63) is 53.1 Å². The number of rotatable bonds is 10. The molecule has 0 unspecified atom stereocenters. The van der Waals surface area contributed by atoms with Crippen molar-refractivity contribution >= 4 is 28.6 Å². The SMILES string of the molecule is COc1cc(C(=O)O)c(CNC(=O)COc2cc(C)c(OC(C)=O)c3ccccc23)c(OC)c1OC. The van der Waals surface area contributed by atoms with Crippen LogP contribution in [0.4, 0.5) is 0 Å². The molecule has 3 aromatic carbocycles. The Morgan fingerprint density at radius 2 is 1.56 bits per heavy atom. The van der Waals surface area contributed by atoms with Gasteiger partial charge in [0.1, 0.15) is 11.5 Å². The smallest absolute Gasteiger partial charge is 0.336 e. The van der Waals surface area contributed by atoms with E-state index in [0.717, 1.165) is 0 Å². The summed E-state index contributed by atoms with van der Waals surface area (Å²) in [6.07, 6.45) is 0. The summed E-state index contributed by atoms with van der Waals surface area (Å²) in [4.78, 5) is 36.0. The molecule has 3 aromatic rings. The first-order valence-electron chi connectivity index (χ1n) is 10.9. The highest BCUT2D eigenvalue weighted by atomic mass is 16.5. The molecule has 0 saturated heterocycles. The van der Waals surface area contributed by atoms with E-state index in [1.807, 2.05) is 6.07 Å². The van der Waals surface area contributed by atoms with Crippen LogP contribution in [-0.2, 0) is 16.1 Å². The fraction of sp³-hybridized carbons (Fsp3) is 0.269. The summed E-state index contributed by atoms with van der Waals surface area (Å²) in [5, 5.41) is 13.7. The number of ether oxygens (including phenoxy) is 5. The van der Waals surface area contributed by atoms with Gasteiger partial charge in [0, 0.05) is 29.8 Å². The second-order valence-electron chi connectivity index (χ2n) is 7.70. The molecule has 0 atom stereocenters. The minimum absolute atomic E-state index is 0.103. The van der Waals surface area contributed by atoms with Crippen LogP contribution >= 0.6 is 0 Å². The molecule has 0 spiro atoms. The molecular weight excluding hydrogens is 470 g/mol. The monoisotopic (exact) mass is 497 g/mol. The third-order valence-electron chi connectivity index (χ3n) is 5.37. The number of aromatic carboxylic acids is 1. The molecule has 0 fully saturated rings. The lowest BCUT2D eigenvalue weighted by atomic mass is 10.0. The van der Waals surface area contributed by atoms with E-state index in [0.29, 0.717) is 27.8 Å². The first-order valence-corrected chi connectivity index (χ1v) is 10.9. The normalized spacial score (nSPS) is 10.5. The predicted molar refractivity (Wildman–Crippen MR) is 130 cm³/mol. The maximum absolute atomic E-state index is 12.6. The Balaban J connectivity index is 1.82. The summed E-state index contributed by atoms with van der Waals surface area (Å²) < 4.78 is 27.0. The number of carboxylic acids is 1. The van der Waals surface area contributed by atoms with Gasteiger partial charge in [-0.05, 0) is 24.6 Å². The number of carbonyl (C=O) groups is 3. The fourth-order valence-corrected chi connectivity index (χ4v) is 3.81. The molecule has 0 aromatic heterocycles.